The monoisotopic (exact) mass is 256 g/mol. The Morgan fingerprint density at radius 1 is 1.36 bits per heavy atom. The molecule has 2 nitrogen and oxygen atoms in total. The van der Waals surface area contributed by atoms with Crippen molar-refractivity contribution in [2.24, 2.45) is 17.6 Å². The first-order valence-corrected chi connectivity index (χ1v) is 5.68. The number of hydrogen-bond donors (Lipinski definition) is 1. The zero-order valence-corrected chi connectivity index (χ0v) is 10.5. The van der Waals surface area contributed by atoms with Crippen molar-refractivity contribution in [3.05, 3.63) is 28.5 Å². The molecule has 2 unspecified atom stereocenters. The molecule has 1 aromatic heterocycles. The lowest BCUT2D eigenvalue weighted by molar-refractivity contribution is 0.351. The van der Waals surface area contributed by atoms with Gasteiger partial charge in [-0.1, -0.05) is 20.8 Å². The molecule has 0 fully saturated rings. The Kier molecular flexibility index (Phi) is 4.08. The van der Waals surface area contributed by atoms with Gasteiger partial charge in [-0.25, -0.2) is 0 Å². The highest BCUT2D eigenvalue weighted by atomic mass is 79.9. The van der Waals surface area contributed by atoms with Crippen LogP contribution in [0.1, 0.15) is 32.4 Å². The molecule has 0 saturated heterocycles. The lowest BCUT2D eigenvalue weighted by atomic mass is 9.87. The van der Waals surface area contributed by atoms with Crippen molar-refractivity contribution < 1.29 is 0 Å². The van der Waals surface area contributed by atoms with E-state index in [2.05, 4.69) is 41.7 Å². The fourth-order valence-electron chi connectivity index (χ4n) is 1.35. The van der Waals surface area contributed by atoms with Crippen molar-refractivity contribution in [2.75, 3.05) is 0 Å². The second-order valence-electron chi connectivity index (χ2n) is 4.03. The highest BCUT2D eigenvalue weighted by molar-refractivity contribution is 9.10. The van der Waals surface area contributed by atoms with Gasteiger partial charge in [-0.2, -0.15) is 0 Å². The molecule has 78 valence electrons. The molecule has 1 aromatic rings. The third-order valence-corrected chi connectivity index (χ3v) is 3.44. The summed E-state index contributed by atoms with van der Waals surface area (Å²) in [5, 5.41) is 0. The number of rotatable bonds is 3. The first-order chi connectivity index (χ1) is 6.54. The summed E-state index contributed by atoms with van der Waals surface area (Å²) < 4.78 is 1.00. The summed E-state index contributed by atoms with van der Waals surface area (Å²) in [5.74, 6) is 1.05. The third-order valence-electron chi connectivity index (χ3n) is 2.78. The SMILES string of the molecule is CC(C)C(C)C(N)c1ccncc1Br. The molecule has 0 aliphatic carbocycles. The lowest BCUT2D eigenvalue weighted by Crippen LogP contribution is -2.23. The molecule has 0 saturated carbocycles. The third kappa shape index (κ3) is 2.55. The lowest BCUT2D eigenvalue weighted by Gasteiger charge is -2.24. The Morgan fingerprint density at radius 3 is 2.50 bits per heavy atom. The van der Waals surface area contributed by atoms with Crippen LogP contribution in [0.5, 0.6) is 0 Å². The molecule has 3 heteroatoms. The van der Waals surface area contributed by atoms with E-state index in [-0.39, 0.29) is 6.04 Å². The number of hydrogen-bond acceptors (Lipinski definition) is 2. The van der Waals surface area contributed by atoms with Crippen molar-refractivity contribution in [3.63, 3.8) is 0 Å². The Balaban J connectivity index is 2.89. The summed E-state index contributed by atoms with van der Waals surface area (Å²) in [7, 11) is 0. The van der Waals surface area contributed by atoms with Crippen LogP contribution in [0.25, 0.3) is 0 Å². The van der Waals surface area contributed by atoms with Crippen LogP contribution in [0.3, 0.4) is 0 Å². The molecular formula is C11H17BrN2. The molecule has 0 bridgehead atoms. The van der Waals surface area contributed by atoms with Gasteiger partial charge in [-0.15, -0.1) is 0 Å². The molecule has 1 heterocycles. The Hall–Kier alpha value is -0.410. The standard InChI is InChI=1S/C11H17BrN2/c1-7(2)8(3)11(13)9-4-5-14-6-10(9)12/h4-8,11H,13H2,1-3H3. The van der Waals surface area contributed by atoms with Gasteiger partial charge in [0.05, 0.1) is 0 Å². The average molecular weight is 257 g/mol. The van der Waals surface area contributed by atoms with Gasteiger partial charge in [0.15, 0.2) is 0 Å². The molecule has 14 heavy (non-hydrogen) atoms. The molecule has 0 aliphatic rings. The summed E-state index contributed by atoms with van der Waals surface area (Å²) in [6, 6.07) is 2.06. The van der Waals surface area contributed by atoms with Gasteiger partial charge < -0.3 is 5.73 Å². The van der Waals surface area contributed by atoms with Crippen LogP contribution in [0, 0.1) is 11.8 Å². The van der Waals surface area contributed by atoms with Crippen molar-refractivity contribution in [1.29, 1.82) is 0 Å². The van der Waals surface area contributed by atoms with E-state index in [0.29, 0.717) is 11.8 Å². The van der Waals surface area contributed by atoms with Gasteiger partial charge in [-0.05, 0) is 39.4 Å². The molecule has 0 spiro atoms. The van der Waals surface area contributed by atoms with Crippen LogP contribution in [-0.2, 0) is 0 Å². The minimum Gasteiger partial charge on any atom is -0.324 e. The van der Waals surface area contributed by atoms with E-state index >= 15 is 0 Å². The minimum atomic E-state index is 0.0763. The molecule has 0 radical (unpaired) electrons. The Bertz CT molecular complexity index is 299. The highest BCUT2D eigenvalue weighted by Gasteiger charge is 2.19. The fourth-order valence-corrected chi connectivity index (χ4v) is 1.87. The predicted octanol–water partition coefficient (Wildman–Crippen LogP) is 3.14. The van der Waals surface area contributed by atoms with Gasteiger partial charge in [0, 0.05) is 22.9 Å². The van der Waals surface area contributed by atoms with Crippen molar-refractivity contribution >= 4 is 15.9 Å². The number of halogens is 1. The number of nitrogens with zero attached hydrogens (tertiary/aromatic N) is 1. The fraction of sp³-hybridized carbons (Fsp3) is 0.545. The van der Waals surface area contributed by atoms with Crippen LogP contribution >= 0.6 is 15.9 Å². The summed E-state index contributed by atoms with van der Waals surface area (Å²) in [6.45, 7) is 6.57. The Labute approximate surface area is 94.0 Å². The van der Waals surface area contributed by atoms with Crippen LogP contribution in [0.15, 0.2) is 22.9 Å². The smallest absolute Gasteiger partial charge is 0.0413 e. The van der Waals surface area contributed by atoms with Crippen LogP contribution < -0.4 is 5.73 Å². The largest absolute Gasteiger partial charge is 0.324 e. The Morgan fingerprint density at radius 2 is 2.00 bits per heavy atom. The first kappa shape index (κ1) is 11.7. The number of pyridine rings is 1. The topological polar surface area (TPSA) is 38.9 Å². The predicted molar refractivity (Wildman–Crippen MR) is 62.9 cm³/mol. The van der Waals surface area contributed by atoms with E-state index in [4.69, 9.17) is 5.73 Å². The molecule has 0 amide bonds. The highest BCUT2D eigenvalue weighted by Crippen LogP contribution is 2.29. The molecule has 2 atom stereocenters. The molecule has 0 aromatic carbocycles. The van der Waals surface area contributed by atoms with E-state index < -0.39 is 0 Å². The van der Waals surface area contributed by atoms with Gasteiger partial charge in [0.2, 0.25) is 0 Å². The van der Waals surface area contributed by atoms with Gasteiger partial charge in [-0.3, -0.25) is 4.98 Å². The van der Waals surface area contributed by atoms with E-state index in [1.54, 1.807) is 12.4 Å². The van der Waals surface area contributed by atoms with Crippen LogP contribution in [0.4, 0.5) is 0 Å². The first-order valence-electron chi connectivity index (χ1n) is 4.89. The normalized spacial score (nSPS) is 15.6. The van der Waals surface area contributed by atoms with Crippen molar-refractivity contribution in [3.8, 4) is 0 Å². The summed E-state index contributed by atoms with van der Waals surface area (Å²) in [5.41, 5.74) is 7.32. The molecule has 2 N–H and O–H groups in total. The van der Waals surface area contributed by atoms with E-state index in [0.717, 1.165) is 10.0 Å². The summed E-state index contributed by atoms with van der Waals surface area (Å²) in [4.78, 5) is 4.03. The van der Waals surface area contributed by atoms with Crippen LogP contribution in [-0.4, -0.2) is 4.98 Å². The van der Waals surface area contributed by atoms with E-state index in [1.165, 1.54) is 0 Å². The second kappa shape index (κ2) is 4.89. The summed E-state index contributed by atoms with van der Waals surface area (Å²) in [6.07, 6.45) is 3.58. The molecule has 1 rings (SSSR count). The minimum absolute atomic E-state index is 0.0763. The van der Waals surface area contributed by atoms with Crippen LogP contribution in [0.2, 0.25) is 0 Å². The van der Waals surface area contributed by atoms with Gasteiger partial charge in [0.1, 0.15) is 0 Å². The van der Waals surface area contributed by atoms with Gasteiger partial charge in [0.25, 0.3) is 0 Å². The number of nitrogens with two attached hydrogens (primary N) is 1. The van der Waals surface area contributed by atoms with E-state index in [9.17, 15) is 0 Å². The molecular weight excluding hydrogens is 240 g/mol. The zero-order chi connectivity index (χ0) is 10.7. The van der Waals surface area contributed by atoms with E-state index in [1.807, 2.05) is 6.07 Å². The quantitative estimate of drug-likeness (QED) is 0.903. The maximum Gasteiger partial charge on any atom is 0.0413 e. The van der Waals surface area contributed by atoms with Crippen molar-refractivity contribution in [2.45, 2.75) is 26.8 Å². The number of aromatic nitrogens is 1. The zero-order valence-electron chi connectivity index (χ0n) is 8.87. The summed E-state index contributed by atoms with van der Waals surface area (Å²) >= 11 is 3.47. The maximum absolute atomic E-state index is 6.18. The van der Waals surface area contributed by atoms with Crippen molar-refractivity contribution in [1.82, 2.24) is 4.98 Å². The average Bonchev–Trinajstić information content (AvgIpc) is 2.16. The maximum atomic E-state index is 6.18. The molecule has 0 aliphatic heterocycles. The second-order valence-corrected chi connectivity index (χ2v) is 4.88. The van der Waals surface area contributed by atoms with Gasteiger partial charge >= 0.3 is 0 Å².